The lowest BCUT2D eigenvalue weighted by atomic mass is 10.2. The summed E-state index contributed by atoms with van der Waals surface area (Å²) in [6, 6.07) is 14.1. The molecule has 2 nitrogen and oxygen atoms in total. The molecular weight excluding hydrogens is 210 g/mol. The molecule has 2 aromatic rings. The van der Waals surface area contributed by atoms with Crippen LogP contribution in [0.2, 0.25) is 0 Å². The van der Waals surface area contributed by atoms with Gasteiger partial charge in [0.05, 0.1) is 6.61 Å². The summed E-state index contributed by atoms with van der Waals surface area (Å²) in [5, 5.41) is 0. The summed E-state index contributed by atoms with van der Waals surface area (Å²) in [4.78, 5) is 4.28. The second-order valence-electron chi connectivity index (χ2n) is 4.09. The normalized spacial score (nSPS) is 10.2. The van der Waals surface area contributed by atoms with Gasteiger partial charge in [0.15, 0.2) is 0 Å². The maximum Gasteiger partial charge on any atom is 0.119 e. The SMILES string of the molecule is Cc1ccc(OCCCc2ccccn2)cc1. The third kappa shape index (κ3) is 3.91. The molecule has 17 heavy (non-hydrogen) atoms. The van der Waals surface area contributed by atoms with Crippen LogP contribution >= 0.6 is 0 Å². The number of hydrogen-bond acceptors (Lipinski definition) is 2. The van der Waals surface area contributed by atoms with E-state index in [-0.39, 0.29) is 0 Å². The van der Waals surface area contributed by atoms with Crippen LogP contribution in [0.25, 0.3) is 0 Å². The predicted molar refractivity (Wildman–Crippen MR) is 69.2 cm³/mol. The van der Waals surface area contributed by atoms with Gasteiger partial charge in [-0.25, -0.2) is 0 Å². The Kier molecular flexibility index (Phi) is 4.14. The van der Waals surface area contributed by atoms with Crippen LogP contribution in [0.1, 0.15) is 17.7 Å². The Morgan fingerprint density at radius 2 is 1.88 bits per heavy atom. The minimum Gasteiger partial charge on any atom is -0.494 e. The molecule has 0 aliphatic rings. The molecule has 1 aromatic heterocycles. The van der Waals surface area contributed by atoms with E-state index >= 15 is 0 Å². The third-order valence-corrected chi connectivity index (χ3v) is 2.59. The number of aryl methyl sites for hydroxylation is 2. The second kappa shape index (κ2) is 6.04. The van der Waals surface area contributed by atoms with E-state index in [2.05, 4.69) is 24.0 Å². The fraction of sp³-hybridized carbons (Fsp3) is 0.267. The molecule has 2 rings (SSSR count). The van der Waals surface area contributed by atoms with Gasteiger partial charge in [-0.05, 0) is 44.0 Å². The summed E-state index contributed by atoms with van der Waals surface area (Å²) in [6.07, 6.45) is 3.79. The van der Waals surface area contributed by atoms with E-state index in [4.69, 9.17) is 4.74 Å². The van der Waals surface area contributed by atoms with E-state index < -0.39 is 0 Å². The summed E-state index contributed by atoms with van der Waals surface area (Å²) >= 11 is 0. The van der Waals surface area contributed by atoms with E-state index in [9.17, 15) is 0 Å². The van der Waals surface area contributed by atoms with Crippen LogP contribution in [-0.4, -0.2) is 11.6 Å². The van der Waals surface area contributed by atoms with Crippen molar-refractivity contribution < 1.29 is 4.74 Å². The van der Waals surface area contributed by atoms with E-state index in [1.165, 1.54) is 5.56 Å². The highest BCUT2D eigenvalue weighted by atomic mass is 16.5. The highest BCUT2D eigenvalue weighted by molar-refractivity contribution is 5.26. The monoisotopic (exact) mass is 227 g/mol. The fourth-order valence-corrected chi connectivity index (χ4v) is 1.62. The molecule has 0 saturated heterocycles. The molecule has 0 fully saturated rings. The molecule has 0 spiro atoms. The summed E-state index contributed by atoms with van der Waals surface area (Å²) in [7, 11) is 0. The minimum atomic E-state index is 0.736. The quantitative estimate of drug-likeness (QED) is 0.730. The average molecular weight is 227 g/mol. The number of nitrogens with zero attached hydrogens (tertiary/aromatic N) is 1. The number of rotatable bonds is 5. The molecular formula is C15H17NO. The lowest BCUT2D eigenvalue weighted by Crippen LogP contribution is -2.00. The standard InChI is InChI=1S/C15H17NO/c1-13-7-9-15(10-8-13)17-12-4-6-14-5-2-3-11-16-14/h2-3,5,7-11H,4,6,12H2,1H3. The molecule has 0 atom stereocenters. The molecule has 88 valence electrons. The van der Waals surface area contributed by atoms with Crippen molar-refractivity contribution in [3.05, 3.63) is 59.9 Å². The number of pyridine rings is 1. The zero-order valence-corrected chi connectivity index (χ0v) is 10.1. The number of benzene rings is 1. The lowest BCUT2D eigenvalue weighted by molar-refractivity contribution is 0.310. The molecule has 0 aliphatic carbocycles. The maximum absolute atomic E-state index is 5.65. The largest absolute Gasteiger partial charge is 0.494 e. The van der Waals surface area contributed by atoms with Crippen molar-refractivity contribution in [2.75, 3.05) is 6.61 Å². The van der Waals surface area contributed by atoms with Gasteiger partial charge in [-0.2, -0.15) is 0 Å². The Balaban J connectivity index is 1.71. The van der Waals surface area contributed by atoms with Gasteiger partial charge in [0.2, 0.25) is 0 Å². The first-order chi connectivity index (χ1) is 8.34. The Labute approximate surface area is 102 Å². The molecule has 0 radical (unpaired) electrons. The molecule has 0 saturated carbocycles. The summed E-state index contributed by atoms with van der Waals surface area (Å²) in [5.74, 6) is 0.941. The van der Waals surface area contributed by atoms with E-state index in [0.717, 1.165) is 30.9 Å². The topological polar surface area (TPSA) is 22.1 Å². The van der Waals surface area contributed by atoms with Crippen molar-refractivity contribution in [3.8, 4) is 5.75 Å². The highest BCUT2D eigenvalue weighted by Crippen LogP contribution is 2.11. The average Bonchev–Trinajstić information content (AvgIpc) is 2.38. The predicted octanol–water partition coefficient (Wildman–Crippen LogP) is 3.40. The molecule has 1 heterocycles. The Morgan fingerprint density at radius 1 is 1.06 bits per heavy atom. The van der Waals surface area contributed by atoms with Gasteiger partial charge in [0, 0.05) is 11.9 Å². The van der Waals surface area contributed by atoms with Crippen LogP contribution in [-0.2, 0) is 6.42 Å². The van der Waals surface area contributed by atoms with Gasteiger partial charge >= 0.3 is 0 Å². The van der Waals surface area contributed by atoms with Gasteiger partial charge in [0.25, 0.3) is 0 Å². The Morgan fingerprint density at radius 3 is 2.59 bits per heavy atom. The zero-order chi connectivity index (χ0) is 11.9. The number of hydrogen-bond donors (Lipinski definition) is 0. The van der Waals surface area contributed by atoms with Crippen molar-refractivity contribution in [3.63, 3.8) is 0 Å². The van der Waals surface area contributed by atoms with Gasteiger partial charge in [0.1, 0.15) is 5.75 Å². The molecule has 1 aromatic carbocycles. The van der Waals surface area contributed by atoms with Crippen molar-refractivity contribution in [2.45, 2.75) is 19.8 Å². The second-order valence-corrected chi connectivity index (χ2v) is 4.09. The van der Waals surface area contributed by atoms with Crippen molar-refractivity contribution >= 4 is 0 Å². The lowest BCUT2D eigenvalue weighted by Gasteiger charge is -2.06. The summed E-state index contributed by atoms with van der Waals surface area (Å²) in [5.41, 5.74) is 2.38. The minimum absolute atomic E-state index is 0.736. The van der Waals surface area contributed by atoms with Gasteiger partial charge in [-0.15, -0.1) is 0 Å². The fourth-order valence-electron chi connectivity index (χ4n) is 1.62. The number of aromatic nitrogens is 1. The van der Waals surface area contributed by atoms with Crippen LogP contribution in [0.3, 0.4) is 0 Å². The van der Waals surface area contributed by atoms with Crippen LogP contribution in [0.15, 0.2) is 48.7 Å². The van der Waals surface area contributed by atoms with Gasteiger partial charge in [-0.1, -0.05) is 23.8 Å². The van der Waals surface area contributed by atoms with Crippen LogP contribution in [0.4, 0.5) is 0 Å². The maximum atomic E-state index is 5.65. The third-order valence-electron chi connectivity index (χ3n) is 2.59. The smallest absolute Gasteiger partial charge is 0.119 e. The highest BCUT2D eigenvalue weighted by Gasteiger charge is 1.95. The molecule has 0 aliphatic heterocycles. The van der Waals surface area contributed by atoms with Crippen molar-refractivity contribution in [1.82, 2.24) is 4.98 Å². The van der Waals surface area contributed by atoms with E-state index in [0.29, 0.717) is 0 Å². The molecule has 0 bridgehead atoms. The molecule has 0 amide bonds. The first kappa shape index (κ1) is 11.6. The van der Waals surface area contributed by atoms with Gasteiger partial charge < -0.3 is 4.74 Å². The Bertz CT molecular complexity index is 436. The van der Waals surface area contributed by atoms with Crippen LogP contribution in [0.5, 0.6) is 5.75 Å². The number of ether oxygens (including phenoxy) is 1. The zero-order valence-electron chi connectivity index (χ0n) is 10.1. The van der Waals surface area contributed by atoms with Crippen LogP contribution in [0, 0.1) is 6.92 Å². The van der Waals surface area contributed by atoms with Crippen molar-refractivity contribution in [1.29, 1.82) is 0 Å². The molecule has 0 unspecified atom stereocenters. The van der Waals surface area contributed by atoms with E-state index in [1.807, 2.05) is 36.5 Å². The summed E-state index contributed by atoms with van der Waals surface area (Å²) < 4.78 is 5.65. The summed E-state index contributed by atoms with van der Waals surface area (Å²) in [6.45, 7) is 2.81. The Hall–Kier alpha value is -1.83. The first-order valence-electron chi connectivity index (χ1n) is 5.94. The van der Waals surface area contributed by atoms with E-state index in [1.54, 1.807) is 0 Å². The van der Waals surface area contributed by atoms with Gasteiger partial charge in [-0.3, -0.25) is 4.98 Å². The first-order valence-corrected chi connectivity index (χ1v) is 5.94. The molecule has 2 heteroatoms. The van der Waals surface area contributed by atoms with Crippen LogP contribution < -0.4 is 4.74 Å². The van der Waals surface area contributed by atoms with Crippen molar-refractivity contribution in [2.24, 2.45) is 0 Å². The molecule has 0 N–H and O–H groups in total.